The van der Waals surface area contributed by atoms with Crippen LogP contribution in [0.2, 0.25) is 0 Å². The fourth-order valence-electron chi connectivity index (χ4n) is 2.70. The van der Waals surface area contributed by atoms with Gasteiger partial charge in [0.05, 0.1) is 13.2 Å². The van der Waals surface area contributed by atoms with E-state index in [9.17, 15) is 0 Å². The van der Waals surface area contributed by atoms with Crippen molar-refractivity contribution in [1.82, 2.24) is 4.90 Å². The third-order valence-corrected chi connectivity index (χ3v) is 4.51. The molecule has 1 aliphatic heterocycles. The van der Waals surface area contributed by atoms with Crippen molar-refractivity contribution in [3.05, 3.63) is 69.7 Å². The van der Waals surface area contributed by atoms with E-state index < -0.39 is 0 Å². The molecule has 2 aromatic carbocycles. The van der Waals surface area contributed by atoms with Gasteiger partial charge in [-0.05, 0) is 29.3 Å². The highest BCUT2D eigenvalue weighted by Gasteiger charge is 2.11. The molecule has 5 nitrogen and oxygen atoms in total. The fraction of sp³-hybridized carbons (Fsp3) is 0.316. The topological polar surface area (TPSA) is 60.1 Å². The summed E-state index contributed by atoms with van der Waals surface area (Å²) in [4.78, 5) is 7.77. The largest absolute Gasteiger partial charge is 0.389 e. The molecule has 3 rings (SSSR count). The number of ether oxygens (including phenoxy) is 1. The summed E-state index contributed by atoms with van der Waals surface area (Å²) in [6, 6.07) is 16.0. The lowest BCUT2D eigenvalue weighted by Crippen LogP contribution is -2.35. The first kappa shape index (κ1) is 17.9. The zero-order valence-electron chi connectivity index (χ0n) is 14.0. The molecule has 0 bridgehead atoms. The first-order valence-electron chi connectivity index (χ1n) is 8.30. The van der Waals surface area contributed by atoms with Gasteiger partial charge >= 0.3 is 0 Å². The molecule has 0 spiro atoms. The lowest BCUT2D eigenvalue weighted by Gasteiger charge is -2.26. The average Bonchev–Trinajstić information content (AvgIpc) is 2.63. The fourth-order valence-corrected chi connectivity index (χ4v) is 3.15. The molecule has 1 heterocycles. The van der Waals surface area contributed by atoms with Gasteiger partial charge in [0.1, 0.15) is 6.61 Å². The Bertz CT molecular complexity index is 730. The summed E-state index contributed by atoms with van der Waals surface area (Å²) in [6.45, 7) is 4.80. The minimum atomic E-state index is 0.383. The number of amidine groups is 1. The average molecular weight is 404 g/mol. The summed E-state index contributed by atoms with van der Waals surface area (Å²) >= 11 is 3.44. The summed E-state index contributed by atoms with van der Waals surface area (Å²) in [5.41, 5.74) is 9.20. The molecule has 0 aliphatic carbocycles. The maximum atomic E-state index is 6.07. The molecule has 1 aliphatic rings. The molecule has 1 saturated heterocycles. The van der Waals surface area contributed by atoms with Crippen LogP contribution in [0.25, 0.3) is 0 Å². The highest BCUT2D eigenvalue weighted by atomic mass is 79.9. The lowest BCUT2D eigenvalue weighted by molar-refractivity contribution is 0.0342. The molecule has 0 saturated carbocycles. The Morgan fingerprint density at radius 2 is 1.88 bits per heavy atom. The van der Waals surface area contributed by atoms with Gasteiger partial charge in [-0.1, -0.05) is 51.4 Å². The third-order valence-electron chi connectivity index (χ3n) is 4.02. The summed E-state index contributed by atoms with van der Waals surface area (Å²) < 4.78 is 6.40. The predicted molar refractivity (Wildman–Crippen MR) is 102 cm³/mol. The molecule has 6 heteroatoms. The molecular weight excluding hydrogens is 382 g/mol. The van der Waals surface area contributed by atoms with Crippen LogP contribution in [0.1, 0.15) is 16.7 Å². The Kier molecular flexibility index (Phi) is 6.44. The minimum Gasteiger partial charge on any atom is -0.389 e. The Hall–Kier alpha value is -1.89. The molecule has 2 N–H and O–H groups in total. The van der Waals surface area contributed by atoms with Crippen LogP contribution in [0.5, 0.6) is 0 Å². The highest BCUT2D eigenvalue weighted by Crippen LogP contribution is 2.13. The van der Waals surface area contributed by atoms with Gasteiger partial charge in [-0.15, -0.1) is 0 Å². The number of oxime groups is 1. The van der Waals surface area contributed by atoms with Gasteiger partial charge < -0.3 is 15.3 Å². The van der Waals surface area contributed by atoms with Crippen LogP contribution in [-0.4, -0.2) is 37.0 Å². The van der Waals surface area contributed by atoms with Crippen molar-refractivity contribution in [2.75, 3.05) is 26.3 Å². The standard InChI is InChI=1S/C19H22BrN3O2/c20-18-6-2-4-16(12-18)14-25-22-19(21)17-5-1-3-15(11-17)13-23-7-9-24-10-8-23/h1-6,11-12H,7-10,13-14H2,(H2,21,22). The normalized spacial score (nSPS) is 16.0. The zero-order valence-corrected chi connectivity index (χ0v) is 15.6. The van der Waals surface area contributed by atoms with Gasteiger partial charge in [0.2, 0.25) is 0 Å². The lowest BCUT2D eigenvalue weighted by atomic mass is 10.1. The molecule has 1 fully saturated rings. The van der Waals surface area contributed by atoms with E-state index in [0.717, 1.165) is 48.4 Å². The van der Waals surface area contributed by atoms with Gasteiger partial charge in [0.25, 0.3) is 0 Å². The van der Waals surface area contributed by atoms with E-state index in [1.54, 1.807) is 0 Å². The van der Waals surface area contributed by atoms with Crippen LogP contribution in [-0.2, 0) is 22.7 Å². The van der Waals surface area contributed by atoms with Crippen LogP contribution in [0, 0.1) is 0 Å². The minimum absolute atomic E-state index is 0.383. The van der Waals surface area contributed by atoms with E-state index in [1.807, 2.05) is 36.4 Å². The molecule has 132 valence electrons. The number of nitrogens with zero attached hydrogens (tertiary/aromatic N) is 2. The summed E-state index contributed by atoms with van der Waals surface area (Å²) in [5, 5.41) is 4.05. The highest BCUT2D eigenvalue weighted by molar-refractivity contribution is 9.10. The van der Waals surface area contributed by atoms with E-state index in [0.29, 0.717) is 12.4 Å². The van der Waals surface area contributed by atoms with Crippen LogP contribution in [0.4, 0.5) is 0 Å². The zero-order chi connectivity index (χ0) is 17.5. The maximum Gasteiger partial charge on any atom is 0.170 e. The quantitative estimate of drug-likeness (QED) is 0.457. The summed E-state index contributed by atoms with van der Waals surface area (Å²) in [5.74, 6) is 0.388. The molecule has 0 atom stereocenters. The van der Waals surface area contributed by atoms with Crippen molar-refractivity contribution in [2.24, 2.45) is 10.9 Å². The first-order valence-corrected chi connectivity index (χ1v) is 9.09. The van der Waals surface area contributed by atoms with Crippen molar-refractivity contribution in [3.63, 3.8) is 0 Å². The van der Waals surface area contributed by atoms with Crippen LogP contribution < -0.4 is 5.73 Å². The second-order valence-corrected chi connectivity index (χ2v) is 6.88. The molecule has 0 aromatic heterocycles. The van der Waals surface area contributed by atoms with Crippen LogP contribution >= 0.6 is 15.9 Å². The second-order valence-electron chi connectivity index (χ2n) is 5.97. The van der Waals surface area contributed by atoms with E-state index >= 15 is 0 Å². The molecular formula is C19H22BrN3O2. The number of morpholine rings is 1. The molecule has 0 amide bonds. The third kappa shape index (κ3) is 5.56. The predicted octanol–water partition coefficient (Wildman–Crippen LogP) is 3.12. The van der Waals surface area contributed by atoms with Crippen molar-refractivity contribution < 1.29 is 9.57 Å². The van der Waals surface area contributed by atoms with Crippen molar-refractivity contribution in [1.29, 1.82) is 0 Å². The van der Waals surface area contributed by atoms with E-state index in [-0.39, 0.29) is 0 Å². The van der Waals surface area contributed by atoms with Gasteiger partial charge in [-0.2, -0.15) is 0 Å². The Morgan fingerprint density at radius 1 is 1.12 bits per heavy atom. The maximum absolute atomic E-state index is 6.07. The number of benzene rings is 2. The van der Waals surface area contributed by atoms with E-state index in [2.05, 4.69) is 38.1 Å². The number of hydrogen-bond acceptors (Lipinski definition) is 4. The summed E-state index contributed by atoms with van der Waals surface area (Å²) in [7, 11) is 0. The summed E-state index contributed by atoms with van der Waals surface area (Å²) in [6.07, 6.45) is 0. The Balaban J connectivity index is 1.59. The van der Waals surface area contributed by atoms with Gasteiger partial charge in [0.15, 0.2) is 5.84 Å². The monoisotopic (exact) mass is 403 g/mol. The molecule has 0 radical (unpaired) electrons. The number of halogens is 1. The number of rotatable bonds is 6. The molecule has 2 aromatic rings. The van der Waals surface area contributed by atoms with Crippen LogP contribution in [0.3, 0.4) is 0 Å². The van der Waals surface area contributed by atoms with Crippen LogP contribution in [0.15, 0.2) is 58.2 Å². The second kappa shape index (κ2) is 8.99. The van der Waals surface area contributed by atoms with Gasteiger partial charge in [-0.25, -0.2) is 0 Å². The van der Waals surface area contributed by atoms with Gasteiger partial charge in [0, 0.05) is 29.7 Å². The smallest absolute Gasteiger partial charge is 0.170 e. The molecule has 0 unspecified atom stereocenters. The van der Waals surface area contributed by atoms with Crippen molar-refractivity contribution >= 4 is 21.8 Å². The SMILES string of the molecule is N/C(=N/OCc1cccc(Br)c1)c1cccc(CN2CCOCC2)c1. The van der Waals surface area contributed by atoms with Gasteiger partial charge in [-0.3, -0.25) is 4.90 Å². The molecule has 25 heavy (non-hydrogen) atoms. The number of hydrogen-bond donors (Lipinski definition) is 1. The Labute approximate surface area is 156 Å². The number of nitrogens with two attached hydrogens (primary N) is 1. The van der Waals surface area contributed by atoms with E-state index in [1.165, 1.54) is 5.56 Å². The van der Waals surface area contributed by atoms with E-state index in [4.69, 9.17) is 15.3 Å². The van der Waals surface area contributed by atoms with Crippen molar-refractivity contribution in [3.8, 4) is 0 Å². The first-order chi connectivity index (χ1) is 12.2. The Morgan fingerprint density at radius 3 is 2.68 bits per heavy atom. The van der Waals surface area contributed by atoms with Crippen molar-refractivity contribution in [2.45, 2.75) is 13.2 Å².